The van der Waals surface area contributed by atoms with Crippen LogP contribution in [0.4, 0.5) is 0 Å². The maximum atomic E-state index is 12.8. The van der Waals surface area contributed by atoms with Crippen LogP contribution in [0.15, 0.2) is 47.6 Å². The predicted octanol–water partition coefficient (Wildman–Crippen LogP) is 2.75. The van der Waals surface area contributed by atoms with Crippen LogP contribution in [-0.4, -0.2) is 30.5 Å². The zero-order valence-electron chi connectivity index (χ0n) is 14.8. The molecule has 0 amide bonds. The number of sulfonamides is 1. The van der Waals surface area contributed by atoms with E-state index in [9.17, 15) is 8.42 Å². The van der Waals surface area contributed by atoms with Crippen LogP contribution in [0.25, 0.3) is 11.4 Å². The Morgan fingerprint density at radius 1 is 1.19 bits per heavy atom. The van der Waals surface area contributed by atoms with Gasteiger partial charge < -0.3 is 5.73 Å². The zero-order chi connectivity index (χ0) is 17.9. The topological polar surface area (TPSA) is 98.0 Å². The Morgan fingerprint density at radius 3 is 2.42 bits per heavy atom. The van der Waals surface area contributed by atoms with Crippen molar-refractivity contribution in [3.05, 3.63) is 42.7 Å². The molecule has 0 bridgehead atoms. The molecule has 2 aromatic rings. The van der Waals surface area contributed by atoms with E-state index in [1.807, 2.05) is 30.3 Å². The number of aromatic nitrogens is 2. The van der Waals surface area contributed by atoms with E-state index in [4.69, 9.17) is 5.73 Å². The largest absolute Gasteiger partial charge is 0.329 e. The van der Waals surface area contributed by atoms with E-state index >= 15 is 0 Å². The first-order valence-electron chi connectivity index (χ1n) is 8.58. The highest BCUT2D eigenvalue weighted by Crippen LogP contribution is 2.34. The van der Waals surface area contributed by atoms with Crippen LogP contribution in [0.1, 0.15) is 32.6 Å². The van der Waals surface area contributed by atoms with Crippen molar-refractivity contribution in [3.8, 4) is 11.4 Å². The molecule has 6 nitrogen and oxygen atoms in total. The van der Waals surface area contributed by atoms with Gasteiger partial charge in [-0.05, 0) is 18.8 Å². The van der Waals surface area contributed by atoms with Crippen molar-refractivity contribution >= 4 is 22.4 Å². The maximum Gasteiger partial charge on any atom is 0.244 e. The van der Waals surface area contributed by atoms with Crippen LogP contribution in [-0.2, 0) is 10.0 Å². The van der Waals surface area contributed by atoms with Crippen LogP contribution < -0.4 is 10.5 Å². The molecule has 1 heterocycles. The van der Waals surface area contributed by atoms with Crippen molar-refractivity contribution < 1.29 is 8.42 Å². The molecule has 1 aliphatic rings. The van der Waals surface area contributed by atoms with Gasteiger partial charge in [0, 0.05) is 17.6 Å². The lowest BCUT2D eigenvalue weighted by Crippen LogP contribution is -2.58. The number of hydrogen-bond donors (Lipinski definition) is 2. The van der Waals surface area contributed by atoms with E-state index in [-0.39, 0.29) is 29.8 Å². The number of nitrogens with two attached hydrogens (primary N) is 1. The SMILES string of the molecule is CC1CCCCC1(CN)NS(=O)(=O)c1cnc(-c2ccccc2)nc1.Cl. The van der Waals surface area contributed by atoms with E-state index in [2.05, 4.69) is 21.6 Å². The molecule has 3 N–H and O–H groups in total. The minimum absolute atomic E-state index is 0. The van der Waals surface area contributed by atoms with Gasteiger partial charge in [0.05, 0.1) is 12.4 Å². The van der Waals surface area contributed by atoms with Gasteiger partial charge in [-0.25, -0.2) is 23.1 Å². The normalized spacial score (nSPS) is 23.2. The van der Waals surface area contributed by atoms with Gasteiger partial charge >= 0.3 is 0 Å². The molecule has 1 aromatic carbocycles. The molecule has 0 aliphatic heterocycles. The third kappa shape index (κ3) is 4.23. The molecule has 2 atom stereocenters. The molecular weight excluding hydrogens is 372 g/mol. The molecule has 26 heavy (non-hydrogen) atoms. The second kappa shape index (κ2) is 8.43. The standard InChI is InChI=1S/C18H24N4O2S.ClH/c1-14-7-5-6-10-18(14,13-19)22-25(23,24)16-11-20-17(21-12-16)15-8-3-2-4-9-15;/h2-4,8-9,11-12,14,22H,5-7,10,13,19H2,1H3;1H. The second-order valence-corrected chi connectivity index (χ2v) is 8.40. The van der Waals surface area contributed by atoms with E-state index in [1.165, 1.54) is 12.4 Å². The van der Waals surface area contributed by atoms with Gasteiger partial charge in [-0.2, -0.15) is 0 Å². The average molecular weight is 397 g/mol. The summed E-state index contributed by atoms with van der Waals surface area (Å²) in [6.45, 7) is 2.35. The molecule has 1 fully saturated rings. The Balaban J connectivity index is 0.00000243. The molecule has 0 saturated heterocycles. The molecule has 3 rings (SSSR count). The highest BCUT2D eigenvalue weighted by Gasteiger charge is 2.40. The number of hydrogen-bond acceptors (Lipinski definition) is 5. The summed E-state index contributed by atoms with van der Waals surface area (Å²) in [6, 6.07) is 9.45. The Labute approximate surface area is 161 Å². The van der Waals surface area contributed by atoms with Gasteiger partial charge in [-0.3, -0.25) is 0 Å². The number of nitrogens with zero attached hydrogens (tertiary/aromatic N) is 2. The van der Waals surface area contributed by atoms with Gasteiger partial charge in [0.25, 0.3) is 0 Å². The minimum Gasteiger partial charge on any atom is -0.329 e. The van der Waals surface area contributed by atoms with Gasteiger partial charge in [0.2, 0.25) is 10.0 Å². The molecule has 0 radical (unpaired) electrons. The fourth-order valence-electron chi connectivity index (χ4n) is 3.43. The van der Waals surface area contributed by atoms with Gasteiger partial charge in [-0.1, -0.05) is 50.1 Å². The summed E-state index contributed by atoms with van der Waals surface area (Å²) >= 11 is 0. The Kier molecular flexibility index (Phi) is 6.74. The van der Waals surface area contributed by atoms with Gasteiger partial charge in [-0.15, -0.1) is 12.4 Å². The van der Waals surface area contributed by atoms with Gasteiger partial charge in [0.15, 0.2) is 5.82 Å². The lowest BCUT2D eigenvalue weighted by atomic mass is 9.74. The van der Waals surface area contributed by atoms with E-state index in [1.54, 1.807) is 0 Å². The van der Waals surface area contributed by atoms with Crippen molar-refractivity contribution in [2.24, 2.45) is 11.7 Å². The van der Waals surface area contributed by atoms with Crippen LogP contribution >= 0.6 is 12.4 Å². The minimum atomic E-state index is -3.72. The monoisotopic (exact) mass is 396 g/mol. The van der Waals surface area contributed by atoms with E-state index in [0.29, 0.717) is 5.82 Å². The molecule has 1 saturated carbocycles. The molecule has 1 aromatic heterocycles. The zero-order valence-corrected chi connectivity index (χ0v) is 16.4. The third-order valence-corrected chi connectivity index (χ3v) is 6.63. The Morgan fingerprint density at radius 2 is 1.85 bits per heavy atom. The fourth-order valence-corrected chi connectivity index (χ4v) is 4.85. The first-order chi connectivity index (χ1) is 12.0. The molecule has 1 aliphatic carbocycles. The maximum absolute atomic E-state index is 12.8. The molecule has 8 heteroatoms. The summed E-state index contributed by atoms with van der Waals surface area (Å²) in [5, 5.41) is 0. The summed E-state index contributed by atoms with van der Waals surface area (Å²) in [5.41, 5.74) is 6.21. The van der Waals surface area contributed by atoms with Crippen LogP contribution in [0.2, 0.25) is 0 Å². The summed E-state index contributed by atoms with van der Waals surface area (Å²) in [5.74, 6) is 0.699. The van der Waals surface area contributed by atoms with Crippen LogP contribution in [0.5, 0.6) is 0 Å². The molecular formula is C18H25ClN4O2S. The number of halogens is 1. The van der Waals surface area contributed by atoms with Crippen molar-refractivity contribution in [2.75, 3.05) is 6.54 Å². The average Bonchev–Trinajstić information content (AvgIpc) is 2.64. The second-order valence-electron chi connectivity index (χ2n) is 6.72. The molecule has 142 valence electrons. The predicted molar refractivity (Wildman–Crippen MR) is 104 cm³/mol. The van der Waals surface area contributed by atoms with Crippen LogP contribution in [0, 0.1) is 5.92 Å². The number of nitrogens with one attached hydrogen (secondary N) is 1. The number of rotatable bonds is 5. The molecule has 0 spiro atoms. The summed E-state index contributed by atoms with van der Waals surface area (Å²) in [7, 11) is -3.72. The fraction of sp³-hybridized carbons (Fsp3) is 0.444. The van der Waals surface area contributed by atoms with Gasteiger partial charge in [0.1, 0.15) is 4.90 Å². The summed E-state index contributed by atoms with van der Waals surface area (Å²) < 4.78 is 28.5. The quantitative estimate of drug-likeness (QED) is 0.809. The summed E-state index contributed by atoms with van der Waals surface area (Å²) in [4.78, 5) is 8.50. The van der Waals surface area contributed by atoms with Crippen LogP contribution in [0.3, 0.4) is 0 Å². The highest BCUT2D eigenvalue weighted by atomic mass is 35.5. The third-order valence-electron chi connectivity index (χ3n) is 5.13. The highest BCUT2D eigenvalue weighted by molar-refractivity contribution is 7.89. The van der Waals surface area contributed by atoms with E-state index < -0.39 is 15.6 Å². The first kappa shape index (κ1) is 20.8. The smallest absolute Gasteiger partial charge is 0.244 e. The van der Waals surface area contributed by atoms with Crippen molar-refractivity contribution in [2.45, 2.75) is 43.0 Å². The number of benzene rings is 1. The summed E-state index contributed by atoms with van der Waals surface area (Å²) in [6.07, 6.45) is 6.54. The van der Waals surface area contributed by atoms with E-state index in [0.717, 1.165) is 31.2 Å². The molecule has 2 unspecified atom stereocenters. The van der Waals surface area contributed by atoms with Crippen molar-refractivity contribution in [1.29, 1.82) is 0 Å². The first-order valence-corrected chi connectivity index (χ1v) is 10.1. The van der Waals surface area contributed by atoms with Crippen molar-refractivity contribution in [3.63, 3.8) is 0 Å². The lowest BCUT2D eigenvalue weighted by molar-refractivity contribution is 0.191. The lowest BCUT2D eigenvalue weighted by Gasteiger charge is -2.42. The Hall–Kier alpha value is -1.54. The Bertz CT molecular complexity index is 815. The van der Waals surface area contributed by atoms with Crippen molar-refractivity contribution in [1.82, 2.24) is 14.7 Å².